The number of pyridine rings is 1. The molecule has 0 saturated heterocycles. The number of ether oxygens (including phenoxy) is 1. The fourth-order valence-electron chi connectivity index (χ4n) is 2.94. The maximum absolute atomic E-state index is 12.4. The fourth-order valence-corrected chi connectivity index (χ4v) is 2.94. The van der Waals surface area contributed by atoms with Gasteiger partial charge in [-0.1, -0.05) is 18.2 Å². The van der Waals surface area contributed by atoms with Gasteiger partial charge < -0.3 is 26.0 Å². The summed E-state index contributed by atoms with van der Waals surface area (Å²) in [6, 6.07) is 15.2. The molecular weight excluding hydrogens is 394 g/mol. The highest BCUT2D eigenvalue weighted by Gasteiger charge is 2.17. The van der Waals surface area contributed by atoms with E-state index in [2.05, 4.69) is 26.3 Å². The van der Waals surface area contributed by atoms with E-state index in [1.165, 1.54) is 0 Å². The standard InChI is InChI=1S/C23H27N5O3/c1-23(2,3)31-22(30)27-14-26-16-10-11-19-17(12-16)20(18(13-25-19)21(29)24-4)28-15-8-6-5-7-9-15/h5-13,26H,14H2,1-4H3,(H,24,29)(H,25,28)(H,27,30). The van der Waals surface area contributed by atoms with Gasteiger partial charge in [-0.05, 0) is 51.1 Å². The van der Waals surface area contributed by atoms with Crippen LogP contribution in [0, 0.1) is 0 Å². The van der Waals surface area contributed by atoms with Crippen molar-refractivity contribution in [2.45, 2.75) is 26.4 Å². The van der Waals surface area contributed by atoms with Crippen molar-refractivity contribution >= 4 is 40.0 Å². The Morgan fingerprint density at radius 3 is 2.45 bits per heavy atom. The average Bonchev–Trinajstić information content (AvgIpc) is 2.73. The van der Waals surface area contributed by atoms with Gasteiger partial charge in [0.15, 0.2) is 0 Å². The summed E-state index contributed by atoms with van der Waals surface area (Å²) < 4.78 is 5.23. The number of amides is 2. The first-order chi connectivity index (χ1) is 14.8. The first-order valence-corrected chi connectivity index (χ1v) is 9.94. The molecule has 2 aromatic carbocycles. The van der Waals surface area contributed by atoms with Crippen LogP contribution < -0.4 is 21.3 Å². The molecule has 4 N–H and O–H groups in total. The van der Waals surface area contributed by atoms with Crippen LogP contribution in [0.5, 0.6) is 0 Å². The molecule has 0 saturated carbocycles. The molecule has 3 rings (SSSR count). The number of anilines is 3. The molecule has 162 valence electrons. The second kappa shape index (κ2) is 9.34. The Bertz CT molecular complexity index is 1080. The smallest absolute Gasteiger partial charge is 0.409 e. The van der Waals surface area contributed by atoms with Gasteiger partial charge in [0.2, 0.25) is 0 Å². The molecule has 3 aromatic rings. The van der Waals surface area contributed by atoms with Gasteiger partial charge >= 0.3 is 6.09 Å². The summed E-state index contributed by atoms with van der Waals surface area (Å²) in [6.07, 6.45) is 1.06. The van der Waals surface area contributed by atoms with E-state index in [9.17, 15) is 9.59 Å². The molecule has 0 aliphatic carbocycles. The van der Waals surface area contributed by atoms with Crippen LogP contribution >= 0.6 is 0 Å². The Balaban J connectivity index is 1.88. The first-order valence-electron chi connectivity index (χ1n) is 9.94. The minimum absolute atomic E-state index is 0.185. The summed E-state index contributed by atoms with van der Waals surface area (Å²) in [7, 11) is 1.58. The number of para-hydroxylation sites is 1. The summed E-state index contributed by atoms with van der Waals surface area (Å²) in [5, 5.41) is 12.6. The largest absolute Gasteiger partial charge is 0.444 e. The van der Waals surface area contributed by atoms with E-state index in [1.807, 2.05) is 69.3 Å². The number of nitrogens with zero attached hydrogens (tertiary/aromatic N) is 1. The van der Waals surface area contributed by atoms with Crippen molar-refractivity contribution in [1.82, 2.24) is 15.6 Å². The zero-order valence-corrected chi connectivity index (χ0v) is 18.1. The third-order valence-electron chi connectivity index (χ3n) is 4.31. The van der Waals surface area contributed by atoms with Crippen LogP contribution in [0.4, 0.5) is 21.9 Å². The Hall–Kier alpha value is -3.81. The molecule has 0 atom stereocenters. The Kier molecular flexibility index (Phi) is 6.59. The monoisotopic (exact) mass is 421 g/mol. The van der Waals surface area contributed by atoms with Crippen molar-refractivity contribution in [3.63, 3.8) is 0 Å². The molecule has 1 heterocycles. The maximum atomic E-state index is 12.4. The Morgan fingerprint density at radius 1 is 1.03 bits per heavy atom. The van der Waals surface area contributed by atoms with E-state index >= 15 is 0 Å². The molecule has 0 radical (unpaired) electrons. The predicted octanol–water partition coefficient (Wildman–Crippen LogP) is 4.23. The SMILES string of the molecule is CNC(=O)c1cnc2ccc(NCNC(=O)OC(C)(C)C)cc2c1Nc1ccccc1. The van der Waals surface area contributed by atoms with Gasteiger partial charge in [-0.15, -0.1) is 0 Å². The van der Waals surface area contributed by atoms with Gasteiger partial charge in [0, 0.05) is 30.0 Å². The molecule has 0 aliphatic rings. The summed E-state index contributed by atoms with van der Waals surface area (Å²) in [4.78, 5) is 28.7. The van der Waals surface area contributed by atoms with Crippen molar-refractivity contribution < 1.29 is 14.3 Å². The quantitative estimate of drug-likeness (QED) is 0.444. The molecule has 8 heteroatoms. The molecule has 0 unspecified atom stereocenters. The number of alkyl carbamates (subject to hydrolysis) is 1. The van der Waals surface area contributed by atoms with Crippen molar-refractivity contribution in [3.8, 4) is 0 Å². The molecular formula is C23H27N5O3. The summed E-state index contributed by atoms with van der Waals surface area (Å²) in [5.74, 6) is -0.238. The minimum Gasteiger partial charge on any atom is -0.444 e. The van der Waals surface area contributed by atoms with Crippen LogP contribution in [-0.2, 0) is 4.74 Å². The van der Waals surface area contributed by atoms with E-state index < -0.39 is 11.7 Å². The van der Waals surface area contributed by atoms with E-state index in [1.54, 1.807) is 13.2 Å². The number of rotatable bonds is 6. The van der Waals surface area contributed by atoms with Crippen LogP contribution in [0.2, 0.25) is 0 Å². The van der Waals surface area contributed by atoms with Crippen molar-refractivity contribution in [1.29, 1.82) is 0 Å². The van der Waals surface area contributed by atoms with E-state index in [-0.39, 0.29) is 12.6 Å². The van der Waals surface area contributed by atoms with Crippen LogP contribution in [0.3, 0.4) is 0 Å². The Labute approximate surface area is 181 Å². The molecule has 8 nitrogen and oxygen atoms in total. The van der Waals surface area contributed by atoms with Crippen molar-refractivity contribution in [2.75, 3.05) is 24.3 Å². The number of hydrogen-bond acceptors (Lipinski definition) is 6. The van der Waals surface area contributed by atoms with Gasteiger partial charge in [-0.25, -0.2) is 4.79 Å². The molecule has 2 amide bonds. The van der Waals surface area contributed by atoms with Gasteiger partial charge in [0.05, 0.1) is 23.4 Å². The molecule has 0 aliphatic heterocycles. The lowest BCUT2D eigenvalue weighted by Crippen LogP contribution is -2.35. The Morgan fingerprint density at radius 2 is 1.77 bits per heavy atom. The number of carbonyl (C=O) groups excluding carboxylic acids is 2. The molecule has 31 heavy (non-hydrogen) atoms. The second-order valence-corrected chi connectivity index (χ2v) is 7.88. The highest BCUT2D eigenvalue weighted by atomic mass is 16.6. The topological polar surface area (TPSA) is 104 Å². The second-order valence-electron chi connectivity index (χ2n) is 7.88. The van der Waals surface area contributed by atoms with Gasteiger partial charge in [-0.3, -0.25) is 9.78 Å². The zero-order valence-electron chi connectivity index (χ0n) is 18.1. The van der Waals surface area contributed by atoms with Crippen LogP contribution in [0.25, 0.3) is 10.9 Å². The third-order valence-corrected chi connectivity index (χ3v) is 4.31. The summed E-state index contributed by atoms with van der Waals surface area (Å²) in [6.45, 7) is 5.61. The number of benzene rings is 2. The molecule has 0 fully saturated rings. The maximum Gasteiger partial charge on any atom is 0.409 e. The highest BCUT2D eigenvalue weighted by Crippen LogP contribution is 2.31. The van der Waals surface area contributed by atoms with E-state index in [0.29, 0.717) is 11.3 Å². The van der Waals surface area contributed by atoms with Gasteiger partial charge in [0.25, 0.3) is 5.91 Å². The number of nitrogens with one attached hydrogen (secondary N) is 4. The molecule has 0 spiro atoms. The lowest BCUT2D eigenvalue weighted by molar-refractivity contribution is 0.0531. The number of fused-ring (bicyclic) bond motifs is 1. The summed E-state index contributed by atoms with van der Waals surface area (Å²) >= 11 is 0. The first kappa shape index (κ1) is 21.9. The number of carbonyl (C=O) groups is 2. The average molecular weight is 422 g/mol. The zero-order chi connectivity index (χ0) is 22.4. The van der Waals surface area contributed by atoms with Crippen LogP contribution in [0.1, 0.15) is 31.1 Å². The van der Waals surface area contributed by atoms with Crippen molar-refractivity contribution in [2.24, 2.45) is 0 Å². The fraction of sp³-hybridized carbons (Fsp3) is 0.261. The predicted molar refractivity (Wildman–Crippen MR) is 123 cm³/mol. The molecule has 0 bridgehead atoms. The van der Waals surface area contributed by atoms with E-state index in [4.69, 9.17) is 4.74 Å². The lowest BCUT2D eigenvalue weighted by atomic mass is 10.1. The molecule has 1 aromatic heterocycles. The van der Waals surface area contributed by atoms with Crippen LogP contribution in [0.15, 0.2) is 54.7 Å². The third kappa shape index (κ3) is 5.85. The summed E-state index contributed by atoms with van der Waals surface area (Å²) in [5.41, 5.74) is 2.87. The lowest BCUT2D eigenvalue weighted by Gasteiger charge is -2.20. The van der Waals surface area contributed by atoms with Gasteiger partial charge in [-0.2, -0.15) is 0 Å². The number of hydrogen-bond donors (Lipinski definition) is 4. The van der Waals surface area contributed by atoms with Gasteiger partial charge in [0.1, 0.15) is 5.60 Å². The van der Waals surface area contributed by atoms with E-state index in [0.717, 1.165) is 22.3 Å². The number of aromatic nitrogens is 1. The highest BCUT2D eigenvalue weighted by molar-refractivity contribution is 6.08. The minimum atomic E-state index is -0.563. The van der Waals surface area contributed by atoms with Crippen molar-refractivity contribution in [3.05, 3.63) is 60.3 Å². The van der Waals surface area contributed by atoms with Crippen LogP contribution in [-0.4, -0.2) is 36.3 Å². The normalized spacial score (nSPS) is 11.0.